The molecule has 0 aromatic rings. The third kappa shape index (κ3) is 5.45. The van der Waals surface area contributed by atoms with Crippen molar-refractivity contribution >= 4 is 6.03 Å². The van der Waals surface area contributed by atoms with Gasteiger partial charge in [0.05, 0.1) is 0 Å². The monoisotopic (exact) mass is 309 g/mol. The number of hydrogen-bond acceptors (Lipinski definition) is 2. The highest BCUT2D eigenvalue weighted by molar-refractivity contribution is 5.74. The van der Waals surface area contributed by atoms with Crippen LogP contribution in [0.25, 0.3) is 0 Å². The molecule has 4 nitrogen and oxygen atoms in total. The third-order valence-electron chi connectivity index (χ3n) is 5.20. The maximum atomic E-state index is 12.3. The molecule has 128 valence electrons. The molecule has 0 aliphatic carbocycles. The molecule has 2 rings (SSSR count). The van der Waals surface area contributed by atoms with Crippen LogP contribution in [0.4, 0.5) is 4.79 Å². The van der Waals surface area contributed by atoms with Crippen LogP contribution < -0.4 is 5.32 Å². The number of hydrogen-bond donors (Lipinski definition) is 1. The van der Waals surface area contributed by atoms with E-state index in [0.717, 1.165) is 44.3 Å². The lowest BCUT2D eigenvalue weighted by atomic mass is 10.0. The van der Waals surface area contributed by atoms with Crippen LogP contribution in [0.5, 0.6) is 0 Å². The number of nitrogens with one attached hydrogen (secondary N) is 1. The molecule has 2 heterocycles. The maximum Gasteiger partial charge on any atom is 0.317 e. The van der Waals surface area contributed by atoms with Gasteiger partial charge in [-0.1, -0.05) is 26.7 Å². The van der Waals surface area contributed by atoms with Gasteiger partial charge in [0.15, 0.2) is 0 Å². The van der Waals surface area contributed by atoms with Crippen molar-refractivity contribution < 1.29 is 4.79 Å². The van der Waals surface area contributed by atoms with E-state index in [2.05, 4.69) is 31.0 Å². The largest absolute Gasteiger partial charge is 0.336 e. The second kappa shape index (κ2) is 8.76. The van der Waals surface area contributed by atoms with Crippen molar-refractivity contribution in [1.82, 2.24) is 15.1 Å². The fourth-order valence-electron chi connectivity index (χ4n) is 3.75. The van der Waals surface area contributed by atoms with Crippen LogP contribution in [0.2, 0.25) is 0 Å². The molecule has 1 atom stereocenters. The fourth-order valence-corrected chi connectivity index (χ4v) is 3.75. The van der Waals surface area contributed by atoms with Crippen molar-refractivity contribution in [3.8, 4) is 0 Å². The van der Waals surface area contributed by atoms with Crippen molar-refractivity contribution in [2.24, 2.45) is 5.92 Å². The third-order valence-corrected chi connectivity index (χ3v) is 5.20. The van der Waals surface area contributed by atoms with Gasteiger partial charge in [-0.05, 0) is 58.0 Å². The number of amides is 2. The predicted octanol–water partition coefficient (Wildman–Crippen LogP) is 3.47. The summed E-state index contributed by atoms with van der Waals surface area (Å²) in [5, 5.41) is 3.18. The Kier molecular flexibility index (Phi) is 7.00. The van der Waals surface area contributed by atoms with E-state index >= 15 is 0 Å². The van der Waals surface area contributed by atoms with E-state index in [9.17, 15) is 4.79 Å². The molecule has 2 aliphatic rings. The van der Waals surface area contributed by atoms with E-state index < -0.39 is 0 Å². The average molecular weight is 309 g/mol. The topological polar surface area (TPSA) is 35.6 Å². The van der Waals surface area contributed by atoms with Crippen molar-refractivity contribution in [2.45, 2.75) is 77.8 Å². The highest BCUT2D eigenvalue weighted by Crippen LogP contribution is 2.21. The van der Waals surface area contributed by atoms with Gasteiger partial charge < -0.3 is 15.1 Å². The number of rotatable bonds is 6. The van der Waals surface area contributed by atoms with Gasteiger partial charge in [0.2, 0.25) is 0 Å². The first kappa shape index (κ1) is 17.6. The second-order valence-corrected chi connectivity index (χ2v) is 7.64. The van der Waals surface area contributed by atoms with Crippen LogP contribution in [0, 0.1) is 5.92 Å². The molecule has 0 spiro atoms. The lowest BCUT2D eigenvalue weighted by Gasteiger charge is -2.37. The van der Waals surface area contributed by atoms with Gasteiger partial charge in [0.25, 0.3) is 0 Å². The molecule has 4 heteroatoms. The van der Waals surface area contributed by atoms with Crippen LogP contribution in [0.3, 0.4) is 0 Å². The number of urea groups is 1. The zero-order valence-corrected chi connectivity index (χ0v) is 14.8. The second-order valence-electron chi connectivity index (χ2n) is 7.64. The van der Waals surface area contributed by atoms with Crippen LogP contribution >= 0.6 is 0 Å². The zero-order valence-electron chi connectivity index (χ0n) is 14.8. The summed E-state index contributed by atoms with van der Waals surface area (Å²) in [4.78, 5) is 17.0. The Bertz CT molecular complexity index is 331. The van der Waals surface area contributed by atoms with E-state index in [0.29, 0.717) is 6.04 Å². The number of nitrogens with zero attached hydrogens (tertiary/aromatic N) is 2. The number of carbonyl (C=O) groups is 1. The predicted molar refractivity (Wildman–Crippen MR) is 92.1 cm³/mol. The molecule has 2 saturated heterocycles. The molecule has 1 N–H and O–H groups in total. The number of piperidine rings is 1. The molecule has 22 heavy (non-hydrogen) atoms. The summed E-state index contributed by atoms with van der Waals surface area (Å²) >= 11 is 0. The number of carbonyl (C=O) groups excluding carboxylic acids is 1. The van der Waals surface area contributed by atoms with Crippen molar-refractivity contribution in [3.63, 3.8) is 0 Å². The zero-order chi connectivity index (χ0) is 15.9. The SMILES string of the molecule is CC(C)CCCC(C)NC(=O)N1CCC(N2CCCC2)CC1. The van der Waals surface area contributed by atoms with E-state index in [4.69, 9.17) is 0 Å². The molecule has 2 amide bonds. The average Bonchev–Trinajstić information content (AvgIpc) is 3.01. The van der Waals surface area contributed by atoms with E-state index in [1.165, 1.54) is 38.8 Å². The van der Waals surface area contributed by atoms with Crippen molar-refractivity contribution in [3.05, 3.63) is 0 Å². The minimum Gasteiger partial charge on any atom is -0.336 e. The standard InChI is InChI=1S/C18H35N3O/c1-15(2)7-6-8-16(3)19-18(22)21-13-9-17(10-14-21)20-11-4-5-12-20/h15-17H,4-14H2,1-3H3,(H,19,22). The summed E-state index contributed by atoms with van der Waals surface area (Å²) in [5.41, 5.74) is 0. The molecule has 0 aromatic carbocycles. The molecule has 2 aliphatic heterocycles. The fraction of sp³-hybridized carbons (Fsp3) is 0.944. The number of likely N-dealkylation sites (tertiary alicyclic amines) is 2. The Labute approximate surface area is 136 Å². The van der Waals surface area contributed by atoms with Crippen LogP contribution in [0.1, 0.15) is 65.7 Å². The smallest absolute Gasteiger partial charge is 0.317 e. The van der Waals surface area contributed by atoms with Crippen molar-refractivity contribution in [2.75, 3.05) is 26.2 Å². The lowest BCUT2D eigenvalue weighted by molar-refractivity contribution is 0.132. The minimum atomic E-state index is 0.150. The quantitative estimate of drug-likeness (QED) is 0.815. The Morgan fingerprint density at radius 2 is 1.68 bits per heavy atom. The van der Waals surface area contributed by atoms with Gasteiger partial charge in [-0.3, -0.25) is 0 Å². The first-order valence-electron chi connectivity index (χ1n) is 9.35. The molecule has 0 bridgehead atoms. The summed E-state index contributed by atoms with van der Waals surface area (Å²) in [6.45, 7) is 11.0. The Morgan fingerprint density at radius 3 is 2.27 bits per heavy atom. The minimum absolute atomic E-state index is 0.150. The lowest BCUT2D eigenvalue weighted by Crippen LogP contribution is -2.50. The van der Waals surface area contributed by atoms with Gasteiger partial charge in [-0.15, -0.1) is 0 Å². The highest BCUT2D eigenvalue weighted by Gasteiger charge is 2.28. The van der Waals surface area contributed by atoms with E-state index in [1.54, 1.807) is 0 Å². The van der Waals surface area contributed by atoms with Gasteiger partial charge in [0, 0.05) is 25.2 Å². The molecule has 0 saturated carbocycles. The van der Waals surface area contributed by atoms with Crippen molar-refractivity contribution in [1.29, 1.82) is 0 Å². The van der Waals surface area contributed by atoms with Crippen LogP contribution in [-0.2, 0) is 0 Å². The summed E-state index contributed by atoms with van der Waals surface area (Å²) < 4.78 is 0. The van der Waals surface area contributed by atoms with E-state index in [-0.39, 0.29) is 6.03 Å². The normalized spacial score (nSPS) is 22.3. The summed E-state index contributed by atoms with van der Waals surface area (Å²) in [5.74, 6) is 0.757. The first-order chi connectivity index (χ1) is 10.6. The maximum absolute atomic E-state index is 12.3. The Hall–Kier alpha value is -0.770. The molecule has 1 unspecified atom stereocenters. The summed E-state index contributed by atoms with van der Waals surface area (Å²) in [6, 6.07) is 1.16. The summed E-state index contributed by atoms with van der Waals surface area (Å²) in [6.07, 6.45) is 8.55. The van der Waals surface area contributed by atoms with Crippen LogP contribution in [-0.4, -0.2) is 54.1 Å². The molecule has 0 radical (unpaired) electrons. The van der Waals surface area contributed by atoms with E-state index in [1.807, 2.05) is 4.90 Å². The van der Waals surface area contributed by atoms with Gasteiger partial charge >= 0.3 is 6.03 Å². The van der Waals surface area contributed by atoms with Gasteiger partial charge in [0.1, 0.15) is 0 Å². The summed E-state index contributed by atoms with van der Waals surface area (Å²) in [7, 11) is 0. The molecule has 0 aromatic heterocycles. The molecular weight excluding hydrogens is 274 g/mol. The molecular formula is C18H35N3O. The highest BCUT2D eigenvalue weighted by atomic mass is 16.2. The van der Waals surface area contributed by atoms with Crippen LogP contribution in [0.15, 0.2) is 0 Å². The van der Waals surface area contributed by atoms with Gasteiger partial charge in [-0.25, -0.2) is 4.79 Å². The van der Waals surface area contributed by atoms with Gasteiger partial charge in [-0.2, -0.15) is 0 Å². The Balaban J connectivity index is 1.64. The first-order valence-corrected chi connectivity index (χ1v) is 9.35. The molecule has 2 fully saturated rings. The Morgan fingerprint density at radius 1 is 1.05 bits per heavy atom.